The summed E-state index contributed by atoms with van der Waals surface area (Å²) in [7, 11) is 2.93. The van der Waals surface area contributed by atoms with Crippen molar-refractivity contribution >= 4 is 12.0 Å². The fourth-order valence-electron chi connectivity index (χ4n) is 4.04. The van der Waals surface area contributed by atoms with E-state index in [4.69, 9.17) is 9.47 Å². The smallest absolute Gasteiger partial charge is 0.328 e. The van der Waals surface area contributed by atoms with Crippen molar-refractivity contribution in [3.05, 3.63) is 83.4 Å². The molecule has 4 rings (SSSR count). The van der Waals surface area contributed by atoms with Crippen LogP contribution in [0.2, 0.25) is 0 Å². The van der Waals surface area contributed by atoms with Crippen LogP contribution >= 0.6 is 0 Å². The fourth-order valence-corrected chi connectivity index (χ4v) is 4.04. The number of hydrogen-bond acceptors (Lipinski definition) is 5. The minimum Gasteiger partial charge on any atom is -0.497 e. The van der Waals surface area contributed by atoms with Gasteiger partial charge in [-0.3, -0.25) is 0 Å². The van der Waals surface area contributed by atoms with Gasteiger partial charge >= 0.3 is 12.0 Å². The van der Waals surface area contributed by atoms with E-state index in [-0.39, 0.29) is 12.1 Å². The second-order valence-corrected chi connectivity index (χ2v) is 7.60. The van der Waals surface area contributed by atoms with Crippen molar-refractivity contribution in [2.75, 3.05) is 20.8 Å². The van der Waals surface area contributed by atoms with E-state index in [2.05, 4.69) is 15.3 Å². The van der Waals surface area contributed by atoms with E-state index in [0.717, 1.165) is 28.3 Å². The highest BCUT2D eigenvalue weighted by atomic mass is 16.5. The zero-order valence-electron chi connectivity index (χ0n) is 18.1. The number of aromatic amines is 1. The molecule has 2 amide bonds. The second kappa shape index (κ2) is 9.55. The highest BCUT2D eigenvalue weighted by Crippen LogP contribution is 2.34. The van der Waals surface area contributed by atoms with Gasteiger partial charge in [0.25, 0.3) is 0 Å². The maximum atomic E-state index is 13.4. The Morgan fingerprint density at radius 1 is 1.16 bits per heavy atom. The molecule has 2 unspecified atom stereocenters. The molecule has 8 heteroatoms. The molecule has 0 saturated carbocycles. The van der Waals surface area contributed by atoms with Crippen molar-refractivity contribution in [3.63, 3.8) is 0 Å². The third-order valence-corrected chi connectivity index (χ3v) is 5.68. The van der Waals surface area contributed by atoms with Gasteiger partial charge in [-0.1, -0.05) is 42.5 Å². The van der Waals surface area contributed by atoms with Gasteiger partial charge in [-0.05, 0) is 23.3 Å². The van der Waals surface area contributed by atoms with Crippen molar-refractivity contribution in [2.45, 2.75) is 24.9 Å². The van der Waals surface area contributed by atoms with E-state index < -0.39 is 12.0 Å². The van der Waals surface area contributed by atoms with E-state index >= 15 is 0 Å². The lowest BCUT2D eigenvalue weighted by molar-refractivity contribution is -0.142. The third kappa shape index (κ3) is 4.44. The number of hydrogen-bond donors (Lipinski definition) is 2. The monoisotopic (exact) mass is 434 g/mol. The number of carbonyl (C=O) groups excluding carboxylic acids is 2. The average molecular weight is 434 g/mol. The summed E-state index contributed by atoms with van der Waals surface area (Å²) < 4.78 is 10.2. The van der Waals surface area contributed by atoms with Crippen LogP contribution in [-0.2, 0) is 22.4 Å². The number of carbonyl (C=O) groups is 2. The first-order valence-corrected chi connectivity index (χ1v) is 10.5. The molecule has 8 nitrogen and oxygen atoms in total. The summed E-state index contributed by atoms with van der Waals surface area (Å²) in [6.07, 6.45) is 2.64. The van der Waals surface area contributed by atoms with Crippen molar-refractivity contribution in [2.24, 2.45) is 0 Å². The van der Waals surface area contributed by atoms with Crippen LogP contribution in [0.25, 0.3) is 0 Å². The van der Waals surface area contributed by atoms with E-state index in [1.165, 1.54) is 7.11 Å². The van der Waals surface area contributed by atoms with Crippen LogP contribution in [0.5, 0.6) is 5.75 Å². The number of amides is 2. The average Bonchev–Trinajstić information content (AvgIpc) is 3.32. The fraction of sp³-hybridized carbons (Fsp3) is 0.292. The highest BCUT2D eigenvalue weighted by Gasteiger charge is 2.35. The molecule has 0 fully saturated rings. The van der Waals surface area contributed by atoms with E-state index in [0.29, 0.717) is 19.4 Å². The Bertz CT molecular complexity index is 1070. The molecule has 2 N–H and O–H groups in total. The molecule has 0 saturated heterocycles. The number of urea groups is 1. The predicted molar refractivity (Wildman–Crippen MR) is 118 cm³/mol. The molecule has 1 aromatic heterocycles. The lowest BCUT2D eigenvalue weighted by Crippen LogP contribution is -2.52. The summed E-state index contributed by atoms with van der Waals surface area (Å²) in [6.45, 7) is 0.483. The van der Waals surface area contributed by atoms with Crippen LogP contribution in [-0.4, -0.2) is 53.7 Å². The second-order valence-electron chi connectivity index (χ2n) is 7.60. The first kappa shape index (κ1) is 21.4. The number of ether oxygens (including phenoxy) is 2. The lowest BCUT2D eigenvalue weighted by Gasteiger charge is -2.36. The van der Waals surface area contributed by atoms with Crippen LogP contribution in [0.15, 0.2) is 60.9 Å². The molecule has 1 aliphatic rings. The zero-order chi connectivity index (χ0) is 22.5. The van der Waals surface area contributed by atoms with E-state index in [9.17, 15) is 9.59 Å². The maximum absolute atomic E-state index is 13.4. The molecule has 3 aromatic rings. The molecule has 2 atom stereocenters. The van der Waals surface area contributed by atoms with E-state index in [1.54, 1.807) is 18.3 Å². The molecule has 2 aromatic carbocycles. The number of rotatable bonds is 6. The Kier molecular flexibility index (Phi) is 6.39. The first-order chi connectivity index (χ1) is 15.6. The zero-order valence-corrected chi connectivity index (χ0v) is 18.1. The van der Waals surface area contributed by atoms with Crippen LogP contribution < -0.4 is 10.1 Å². The Balaban J connectivity index is 1.60. The van der Waals surface area contributed by atoms with Gasteiger partial charge in [0.1, 0.15) is 17.8 Å². The normalized spacial score (nSPS) is 16.1. The largest absolute Gasteiger partial charge is 0.497 e. The molecule has 166 valence electrons. The molecular formula is C24H26N4O4. The van der Waals surface area contributed by atoms with Crippen molar-refractivity contribution < 1.29 is 19.1 Å². The standard InChI is InChI=1S/C24H26N4O4/c1-31-18-10-8-17(9-11-18)22-21-19(25-15-26-21)12-13-28(22)24(30)27-20(23(29)32-2)14-16-6-4-3-5-7-16/h3-11,15,20,22H,12-14H2,1-2H3,(H,25,26)(H,27,30). The summed E-state index contributed by atoms with van der Waals surface area (Å²) in [5.41, 5.74) is 3.65. The highest BCUT2D eigenvalue weighted by molar-refractivity contribution is 5.84. The summed E-state index contributed by atoms with van der Waals surface area (Å²) in [5.74, 6) is 0.247. The van der Waals surface area contributed by atoms with Crippen molar-refractivity contribution in [3.8, 4) is 5.75 Å². The van der Waals surface area contributed by atoms with Crippen LogP contribution in [0, 0.1) is 0 Å². The molecule has 32 heavy (non-hydrogen) atoms. The third-order valence-electron chi connectivity index (χ3n) is 5.68. The molecule has 0 aliphatic carbocycles. The molecule has 0 spiro atoms. The molecule has 0 radical (unpaired) electrons. The predicted octanol–water partition coefficient (Wildman–Crippen LogP) is 2.86. The number of benzene rings is 2. The molecule has 2 heterocycles. The quantitative estimate of drug-likeness (QED) is 0.582. The first-order valence-electron chi connectivity index (χ1n) is 10.5. The number of esters is 1. The van der Waals surface area contributed by atoms with E-state index in [1.807, 2.05) is 54.6 Å². The van der Waals surface area contributed by atoms with Gasteiger partial charge < -0.3 is 24.7 Å². The Labute approximate surface area is 186 Å². The Hall–Kier alpha value is -3.81. The van der Waals surface area contributed by atoms with Crippen molar-refractivity contribution in [1.29, 1.82) is 0 Å². The number of fused-ring (bicyclic) bond motifs is 1. The number of H-pyrrole nitrogens is 1. The number of imidazole rings is 1. The number of aromatic nitrogens is 2. The SMILES string of the molecule is COC(=O)C(Cc1ccccc1)NC(=O)N1CCc2[nH]cnc2C1c1ccc(OC)cc1. The van der Waals surface area contributed by atoms with Gasteiger partial charge in [0, 0.05) is 25.1 Å². The molecular weight excluding hydrogens is 408 g/mol. The van der Waals surface area contributed by atoms with Crippen LogP contribution in [0.3, 0.4) is 0 Å². The van der Waals surface area contributed by atoms with Gasteiger partial charge in [0.2, 0.25) is 0 Å². The van der Waals surface area contributed by atoms with Gasteiger partial charge in [0.05, 0.1) is 26.2 Å². The summed E-state index contributed by atoms with van der Waals surface area (Å²) in [6, 6.07) is 15.6. The number of nitrogens with one attached hydrogen (secondary N) is 2. The van der Waals surface area contributed by atoms with Crippen molar-refractivity contribution in [1.82, 2.24) is 20.2 Å². The van der Waals surface area contributed by atoms with Gasteiger partial charge in [0.15, 0.2) is 0 Å². The lowest BCUT2D eigenvalue weighted by atomic mass is 9.96. The Morgan fingerprint density at radius 2 is 1.91 bits per heavy atom. The molecule has 1 aliphatic heterocycles. The Morgan fingerprint density at radius 3 is 2.59 bits per heavy atom. The maximum Gasteiger partial charge on any atom is 0.328 e. The molecule has 0 bridgehead atoms. The van der Waals surface area contributed by atoms with Gasteiger partial charge in [-0.25, -0.2) is 14.6 Å². The minimum atomic E-state index is -0.799. The van der Waals surface area contributed by atoms with Gasteiger partial charge in [-0.2, -0.15) is 0 Å². The van der Waals surface area contributed by atoms with Crippen LogP contribution in [0.1, 0.15) is 28.6 Å². The van der Waals surface area contributed by atoms with Crippen LogP contribution in [0.4, 0.5) is 4.79 Å². The number of methoxy groups -OCH3 is 2. The summed E-state index contributed by atoms with van der Waals surface area (Å²) in [4.78, 5) is 35.2. The summed E-state index contributed by atoms with van der Waals surface area (Å²) in [5, 5.41) is 2.88. The summed E-state index contributed by atoms with van der Waals surface area (Å²) >= 11 is 0. The van der Waals surface area contributed by atoms with Gasteiger partial charge in [-0.15, -0.1) is 0 Å². The number of nitrogens with zero attached hydrogens (tertiary/aromatic N) is 2. The minimum absolute atomic E-state index is 0.341. The topological polar surface area (TPSA) is 96.6 Å².